The molecule has 10 nitrogen and oxygen atoms in total. The maximum Gasteiger partial charge on any atom is 0.295 e. The number of rotatable bonds is 6. The van der Waals surface area contributed by atoms with Gasteiger partial charge in [0.1, 0.15) is 23.3 Å². The molecule has 2 N–H and O–H groups in total. The highest BCUT2D eigenvalue weighted by Gasteiger charge is 2.43. The molecule has 0 bridgehead atoms. The summed E-state index contributed by atoms with van der Waals surface area (Å²) >= 11 is 18.2. The molecule has 0 saturated heterocycles. The number of benzene rings is 2. The summed E-state index contributed by atoms with van der Waals surface area (Å²) in [5.41, 5.74) is 0.610. The number of nitrogens with zero attached hydrogens (tertiary/aromatic N) is 3. The van der Waals surface area contributed by atoms with Crippen molar-refractivity contribution in [3.63, 3.8) is 0 Å². The van der Waals surface area contributed by atoms with Crippen LogP contribution in [0, 0.1) is 6.92 Å². The van der Waals surface area contributed by atoms with E-state index in [0.29, 0.717) is 15.7 Å². The number of nitrogens with one attached hydrogen (secondary N) is 2. The second kappa shape index (κ2) is 9.47. The van der Waals surface area contributed by atoms with Gasteiger partial charge in [0.15, 0.2) is 0 Å². The van der Waals surface area contributed by atoms with Crippen LogP contribution in [0.1, 0.15) is 16.1 Å². The van der Waals surface area contributed by atoms with Gasteiger partial charge in [-0.15, -0.1) is 0 Å². The monoisotopic (exact) mass is 571 g/mol. The van der Waals surface area contributed by atoms with Gasteiger partial charge in [0.2, 0.25) is 9.70 Å². The average Bonchev–Trinajstić information content (AvgIpc) is 3.15. The van der Waals surface area contributed by atoms with E-state index in [1.54, 1.807) is 42.9 Å². The highest BCUT2D eigenvalue weighted by atomic mass is 35.6. The molecule has 14 heteroatoms. The molecule has 190 valence electrons. The molecule has 0 fully saturated rings. The fourth-order valence-electron chi connectivity index (χ4n) is 3.80. The minimum atomic E-state index is -4.22. The maximum atomic E-state index is 13.2. The van der Waals surface area contributed by atoms with E-state index in [9.17, 15) is 22.8 Å². The van der Waals surface area contributed by atoms with Crippen molar-refractivity contribution < 1.29 is 18.0 Å². The first-order valence-corrected chi connectivity index (χ1v) is 13.0. The third-order valence-corrected chi connectivity index (χ3v) is 8.12. The topological polar surface area (TPSA) is 123 Å². The molecule has 0 unspecified atom stereocenters. The molecule has 0 aliphatic carbocycles. The fourth-order valence-corrected chi connectivity index (χ4v) is 5.66. The van der Waals surface area contributed by atoms with Crippen LogP contribution in [-0.2, 0) is 21.9 Å². The van der Waals surface area contributed by atoms with Crippen LogP contribution < -0.4 is 16.2 Å². The number of alkyl halides is 3. The van der Waals surface area contributed by atoms with Crippen LogP contribution in [0.4, 0.5) is 5.69 Å². The Morgan fingerprint density at radius 1 is 1.03 bits per heavy atom. The zero-order valence-electron chi connectivity index (χ0n) is 18.9. The van der Waals surface area contributed by atoms with Crippen LogP contribution in [0.2, 0.25) is 0 Å². The Labute approximate surface area is 221 Å². The van der Waals surface area contributed by atoms with Gasteiger partial charge in [0.25, 0.3) is 21.5 Å². The summed E-state index contributed by atoms with van der Waals surface area (Å²) in [4.78, 5) is 38.4. The van der Waals surface area contributed by atoms with Gasteiger partial charge < -0.3 is 10.6 Å². The second-order valence-electron chi connectivity index (χ2n) is 7.94. The number of carbonyl (C=O) groups excluding carboxylic acids is 2. The number of para-hydroxylation sites is 1. The number of aromatic nitrogens is 2. The van der Waals surface area contributed by atoms with E-state index in [0.717, 1.165) is 0 Å². The summed E-state index contributed by atoms with van der Waals surface area (Å²) in [6, 6.07) is 14.5. The second-order valence-corrected chi connectivity index (χ2v) is 12.1. The van der Waals surface area contributed by atoms with E-state index >= 15 is 0 Å². The Kier molecular flexibility index (Phi) is 6.86. The zero-order valence-corrected chi connectivity index (χ0v) is 22.0. The first kappa shape index (κ1) is 26.1. The predicted octanol–water partition coefficient (Wildman–Crippen LogP) is 2.55. The standard InChI is InChI=1S/C22H20Cl3N5O5S/c1-13-18(20(33)30(28(13)2)14-8-4-3-5-9-14)27-21(22(23,24)25)26-17(31)12-29-19(32)15-10-6-7-11-16(15)36(29,34)35/h3-11,21,27H,12H2,1-2H3,(H,26,31)/t21-/m1/s1. The number of halogens is 3. The average molecular weight is 573 g/mol. The molecule has 0 radical (unpaired) electrons. The third kappa shape index (κ3) is 4.59. The molecule has 36 heavy (non-hydrogen) atoms. The fraction of sp³-hybridized carbons (Fsp3) is 0.227. The summed E-state index contributed by atoms with van der Waals surface area (Å²) in [7, 11) is -2.55. The van der Waals surface area contributed by atoms with Crippen molar-refractivity contribution in [1.29, 1.82) is 0 Å². The number of sulfonamides is 1. The normalized spacial score (nSPS) is 15.5. The summed E-state index contributed by atoms with van der Waals surface area (Å²) in [6.45, 7) is 0.809. The molecule has 0 saturated carbocycles. The van der Waals surface area contributed by atoms with Gasteiger partial charge in [0.05, 0.1) is 16.9 Å². The summed E-state index contributed by atoms with van der Waals surface area (Å²) in [6.07, 6.45) is -1.45. The molecule has 0 spiro atoms. The van der Waals surface area contributed by atoms with E-state index in [-0.39, 0.29) is 16.1 Å². The van der Waals surface area contributed by atoms with E-state index in [1.807, 2.05) is 6.07 Å². The lowest BCUT2D eigenvalue weighted by molar-refractivity contribution is -0.121. The molecule has 3 aromatic rings. The Morgan fingerprint density at radius 2 is 1.64 bits per heavy atom. The molecule has 2 amide bonds. The van der Waals surface area contributed by atoms with Crippen molar-refractivity contribution in [2.24, 2.45) is 7.05 Å². The van der Waals surface area contributed by atoms with Gasteiger partial charge in [-0.1, -0.05) is 65.1 Å². The van der Waals surface area contributed by atoms with Crippen LogP contribution in [-0.4, -0.2) is 50.4 Å². The number of hydrogen-bond donors (Lipinski definition) is 2. The zero-order chi connectivity index (χ0) is 26.4. The Morgan fingerprint density at radius 3 is 2.25 bits per heavy atom. The lowest BCUT2D eigenvalue weighted by Gasteiger charge is -2.27. The van der Waals surface area contributed by atoms with E-state index in [4.69, 9.17) is 34.8 Å². The van der Waals surface area contributed by atoms with Gasteiger partial charge in [-0.05, 0) is 31.2 Å². The first-order valence-electron chi connectivity index (χ1n) is 10.5. The molecule has 1 aliphatic rings. The number of anilines is 1. The molecule has 4 rings (SSSR count). The molecule has 1 aliphatic heterocycles. The minimum absolute atomic E-state index is 0.0391. The van der Waals surface area contributed by atoms with Crippen molar-refractivity contribution in [2.45, 2.75) is 21.8 Å². The van der Waals surface area contributed by atoms with Crippen molar-refractivity contribution in [2.75, 3.05) is 11.9 Å². The van der Waals surface area contributed by atoms with Crippen LogP contribution in [0.25, 0.3) is 5.69 Å². The van der Waals surface area contributed by atoms with Gasteiger partial charge in [-0.2, -0.15) is 0 Å². The summed E-state index contributed by atoms with van der Waals surface area (Å²) in [5.74, 6) is -1.77. The van der Waals surface area contributed by atoms with Crippen molar-refractivity contribution >= 4 is 62.3 Å². The van der Waals surface area contributed by atoms with Gasteiger partial charge in [-0.25, -0.2) is 17.4 Å². The van der Waals surface area contributed by atoms with E-state index < -0.39 is 43.9 Å². The van der Waals surface area contributed by atoms with Gasteiger partial charge in [0, 0.05) is 7.05 Å². The Balaban J connectivity index is 1.59. The Hall–Kier alpha value is -2.99. The number of hydrogen-bond acceptors (Lipinski definition) is 6. The molecular weight excluding hydrogens is 553 g/mol. The summed E-state index contributed by atoms with van der Waals surface area (Å²) in [5, 5.41) is 5.14. The summed E-state index contributed by atoms with van der Waals surface area (Å²) < 4.78 is 26.8. The number of carbonyl (C=O) groups is 2. The number of fused-ring (bicyclic) bond motifs is 1. The minimum Gasteiger partial charge on any atom is -0.356 e. The Bertz CT molecular complexity index is 1510. The van der Waals surface area contributed by atoms with Crippen LogP contribution >= 0.6 is 34.8 Å². The lowest BCUT2D eigenvalue weighted by Crippen LogP contribution is -2.52. The van der Waals surface area contributed by atoms with Gasteiger partial charge >= 0.3 is 0 Å². The van der Waals surface area contributed by atoms with E-state index in [1.165, 1.54) is 28.9 Å². The predicted molar refractivity (Wildman–Crippen MR) is 136 cm³/mol. The first-order chi connectivity index (χ1) is 16.8. The van der Waals surface area contributed by atoms with Crippen LogP contribution in [0.3, 0.4) is 0 Å². The molecule has 2 heterocycles. The largest absolute Gasteiger partial charge is 0.356 e. The third-order valence-electron chi connectivity index (χ3n) is 5.67. The molecule has 1 aromatic heterocycles. The smallest absolute Gasteiger partial charge is 0.295 e. The van der Waals surface area contributed by atoms with Crippen LogP contribution in [0.15, 0.2) is 64.3 Å². The van der Waals surface area contributed by atoms with Crippen molar-refractivity contribution in [3.8, 4) is 5.69 Å². The molecular formula is C22H20Cl3N5O5S. The quantitative estimate of drug-likeness (QED) is 0.346. The number of amides is 2. The van der Waals surface area contributed by atoms with Crippen LogP contribution in [0.5, 0.6) is 0 Å². The van der Waals surface area contributed by atoms with Crippen molar-refractivity contribution in [3.05, 3.63) is 76.2 Å². The van der Waals surface area contributed by atoms with E-state index in [2.05, 4.69) is 10.6 Å². The highest BCUT2D eigenvalue weighted by molar-refractivity contribution is 7.90. The van der Waals surface area contributed by atoms with Gasteiger partial charge in [-0.3, -0.25) is 19.1 Å². The molecule has 1 atom stereocenters. The highest BCUT2D eigenvalue weighted by Crippen LogP contribution is 2.32. The molecule has 2 aromatic carbocycles. The van der Waals surface area contributed by atoms with Crippen molar-refractivity contribution in [1.82, 2.24) is 19.0 Å². The lowest BCUT2D eigenvalue weighted by atomic mass is 10.2. The SMILES string of the molecule is Cc1c(N[C@@H](NC(=O)CN2C(=O)c3ccccc3S2(=O)=O)C(Cl)(Cl)Cl)c(=O)n(-c2ccccc2)n1C. The maximum absolute atomic E-state index is 13.2.